The van der Waals surface area contributed by atoms with E-state index in [-0.39, 0.29) is 18.4 Å². The zero-order valence-electron chi connectivity index (χ0n) is 17.6. The first-order valence-corrected chi connectivity index (χ1v) is 10.4. The van der Waals surface area contributed by atoms with Crippen LogP contribution in [0.5, 0.6) is 0 Å². The highest BCUT2D eigenvalue weighted by atomic mass is 16.4. The largest absolute Gasteiger partial charge is 0.481 e. The third-order valence-corrected chi connectivity index (χ3v) is 5.33. The number of carboxylic acids is 1. The lowest BCUT2D eigenvalue weighted by Gasteiger charge is -2.34. The summed E-state index contributed by atoms with van der Waals surface area (Å²) in [4.78, 5) is 39.3. The molecule has 0 unspecified atom stereocenters. The van der Waals surface area contributed by atoms with E-state index in [9.17, 15) is 14.4 Å². The average molecular weight is 425 g/mol. The van der Waals surface area contributed by atoms with Gasteiger partial charge in [-0.25, -0.2) is 4.79 Å². The van der Waals surface area contributed by atoms with E-state index in [0.717, 1.165) is 16.8 Å². The maximum Gasteiger partial charge on any atom is 0.323 e. The molecule has 1 saturated heterocycles. The van der Waals surface area contributed by atoms with E-state index >= 15 is 0 Å². The molecule has 0 saturated carbocycles. The summed E-state index contributed by atoms with van der Waals surface area (Å²) in [6.45, 7) is 5.05. The zero-order valence-corrected chi connectivity index (χ0v) is 17.6. The predicted octanol–water partition coefficient (Wildman–Crippen LogP) is 2.80. The number of hydrogen-bond donors (Lipinski definition) is 3. The fourth-order valence-electron chi connectivity index (χ4n) is 3.46. The lowest BCUT2D eigenvalue weighted by molar-refractivity contribution is -0.138. The molecular formula is C23H28N4O4. The minimum Gasteiger partial charge on any atom is -0.481 e. The molecule has 164 valence electrons. The van der Waals surface area contributed by atoms with Gasteiger partial charge in [0.05, 0.1) is 12.8 Å². The van der Waals surface area contributed by atoms with E-state index in [4.69, 9.17) is 5.11 Å². The van der Waals surface area contributed by atoms with Crippen LogP contribution in [0.4, 0.5) is 16.2 Å². The summed E-state index contributed by atoms with van der Waals surface area (Å²) in [5.41, 5.74) is 3.26. The number of carboxylic acid groups (broad SMARTS) is 1. The number of urea groups is 1. The highest BCUT2D eigenvalue weighted by Gasteiger charge is 2.21. The molecule has 0 radical (unpaired) electrons. The summed E-state index contributed by atoms with van der Waals surface area (Å²) < 4.78 is 0. The molecule has 3 N–H and O–H groups in total. The van der Waals surface area contributed by atoms with Crippen molar-refractivity contribution in [3.63, 3.8) is 0 Å². The van der Waals surface area contributed by atoms with Gasteiger partial charge in [-0.1, -0.05) is 30.3 Å². The van der Waals surface area contributed by atoms with Gasteiger partial charge in [0, 0.05) is 44.1 Å². The molecular weight excluding hydrogens is 396 g/mol. The molecule has 8 nitrogen and oxygen atoms in total. The Kier molecular flexibility index (Phi) is 7.61. The molecule has 1 aliphatic rings. The van der Waals surface area contributed by atoms with E-state index in [1.807, 2.05) is 48.2 Å². The van der Waals surface area contributed by atoms with E-state index < -0.39 is 5.97 Å². The van der Waals surface area contributed by atoms with Crippen LogP contribution in [-0.2, 0) is 16.0 Å². The second kappa shape index (κ2) is 10.6. The third kappa shape index (κ3) is 6.82. The summed E-state index contributed by atoms with van der Waals surface area (Å²) in [5, 5.41) is 14.4. The van der Waals surface area contributed by atoms with Crippen molar-refractivity contribution in [3.05, 3.63) is 59.7 Å². The van der Waals surface area contributed by atoms with E-state index in [1.54, 1.807) is 12.1 Å². The van der Waals surface area contributed by atoms with Crippen LogP contribution < -0.4 is 10.6 Å². The number of amides is 3. The quantitative estimate of drug-likeness (QED) is 0.634. The summed E-state index contributed by atoms with van der Waals surface area (Å²) in [7, 11) is 0. The first-order valence-electron chi connectivity index (χ1n) is 10.4. The van der Waals surface area contributed by atoms with Gasteiger partial charge < -0.3 is 20.6 Å². The molecule has 2 aromatic carbocycles. The Morgan fingerprint density at radius 1 is 0.935 bits per heavy atom. The number of carbonyl (C=O) groups is 3. The normalized spacial score (nSPS) is 14.2. The molecule has 8 heteroatoms. The summed E-state index contributed by atoms with van der Waals surface area (Å²) in [6, 6.07) is 14.5. The molecule has 0 atom stereocenters. The summed E-state index contributed by atoms with van der Waals surface area (Å²) in [5.74, 6) is -0.750. The Morgan fingerprint density at radius 3 is 2.26 bits per heavy atom. The molecule has 2 aromatic rings. The Hall–Kier alpha value is -3.39. The Labute approximate surface area is 181 Å². The maximum atomic E-state index is 12.6. The Balaban J connectivity index is 1.45. The van der Waals surface area contributed by atoms with Gasteiger partial charge in [-0.2, -0.15) is 0 Å². The first kappa shape index (κ1) is 22.3. The number of nitrogens with one attached hydrogen (secondary N) is 2. The zero-order chi connectivity index (χ0) is 22.2. The average Bonchev–Trinajstić information content (AvgIpc) is 2.75. The molecule has 0 bridgehead atoms. The molecule has 1 aliphatic heterocycles. The second-order valence-electron chi connectivity index (χ2n) is 7.63. The molecule has 1 fully saturated rings. The van der Waals surface area contributed by atoms with Gasteiger partial charge in [-0.3, -0.25) is 14.5 Å². The summed E-state index contributed by atoms with van der Waals surface area (Å²) in [6.07, 6.45) is 0.419. The lowest BCUT2D eigenvalue weighted by atomic mass is 10.1. The maximum absolute atomic E-state index is 12.6. The number of nitrogens with zero attached hydrogens (tertiary/aromatic N) is 2. The number of hydrogen-bond acceptors (Lipinski definition) is 4. The van der Waals surface area contributed by atoms with E-state index in [2.05, 4.69) is 15.5 Å². The number of aliphatic carboxylic acids is 1. The Bertz CT molecular complexity index is 921. The molecule has 1 heterocycles. The van der Waals surface area contributed by atoms with Gasteiger partial charge in [0.15, 0.2) is 0 Å². The van der Waals surface area contributed by atoms with Crippen molar-refractivity contribution in [2.45, 2.75) is 19.8 Å². The molecule has 31 heavy (non-hydrogen) atoms. The smallest absolute Gasteiger partial charge is 0.323 e. The standard InChI is InChI=1S/C23H28N4O4/c1-17-4-2-3-5-20(17)25-23(31)24-19-8-6-18(7-9-19)16-21(28)27-14-12-26(13-15-27)11-10-22(29)30/h2-9H,10-16H2,1H3,(H,29,30)(H2,24,25,31). The number of anilines is 2. The van der Waals surface area contributed by atoms with E-state index in [1.165, 1.54) is 0 Å². The monoisotopic (exact) mass is 424 g/mol. The SMILES string of the molecule is Cc1ccccc1NC(=O)Nc1ccc(CC(=O)N2CCN(CCC(=O)O)CC2)cc1. The minimum absolute atomic E-state index is 0.0517. The van der Waals surface area contributed by atoms with Crippen molar-refractivity contribution in [2.75, 3.05) is 43.4 Å². The third-order valence-electron chi connectivity index (χ3n) is 5.33. The van der Waals surface area contributed by atoms with Gasteiger partial charge in [0.1, 0.15) is 0 Å². The fraction of sp³-hybridized carbons (Fsp3) is 0.348. The van der Waals surface area contributed by atoms with Crippen LogP contribution in [0.2, 0.25) is 0 Å². The molecule has 3 amide bonds. The van der Waals surface area contributed by atoms with Gasteiger partial charge >= 0.3 is 12.0 Å². The van der Waals surface area contributed by atoms with Crippen LogP contribution in [0.25, 0.3) is 0 Å². The predicted molar refractivity (Wildman–Crippen MR) is 119 cm³/mol. The first-order chi connectivity index (χ1) is 14.9. The topological polar surface area (TPSA) is 102 Å². The molecule has 0 spiro atoms. The van der Waals surface area contributed by atoms with Gasteiger partial charge in [-0.05, 0) is 36.2 Å². The van der Waals surface area contributed by atoms with Crippen LogP contribution in [0.3, 0.4) is 0 Å². The van der Waals surface area contributed by atoms with Crippen molar-refractivity contribution in [1.29, 1.82) is 0 Å². The van der Waals surface area contributed by atoms with Gasteiger partial charge in [0.2, 0.25) is 5.91 Å². The molecule has 0 aliphatic carbocycles. The van der Waals surface area contributed by atoms with Crippen LogP contribution in [0.15, 0.2) is 48.5 Å². The Morgan fingerprint density at radius 2 is 1.61 bits per heavy atom. The summed E-state index contributed by atoms with van der Waals surface area (Å²) >= 11 is 0. The number of carbonyl (C=O) groups excluding carboxylic acids is 2. The van der Waals surface area contributed by atoms with Crippen LogP contribution in [0, 0.1) is 6.92 Å². The molecule has 3 rings (SSSR count). The van der Waals surface area contributed by atoms with Crippen molar-refractivity contribution >= 4 is 29.3 Å². The second-order valence-corrected chi connectivity index (χ2v) is 7.63. The van der Waals surface area contributed by atoms with Crippen molar-refractivity contribution in [3.8, 4) is 0 Å². The minimum atomic E-state index is -0.802. The highest BCUT2D eigenvalue weighted by molar-refractivity contribution is 6.00. The number of aryl methyl sites for hydroxylation is 1. The van der Waals surface area contributed by atoms with E-state index in [0.29, 0.717) is 44.8 Å². The number of benzene rings is 2. The fourth-order valence-corrected chi connectivity index (χ4v) is 3.46. The number of piperazine rings is 1. The van der Waals surface area contributed by atoms with Crippen LogP contribution >= 0.6 is 0 Å². The van der Waals surface area contributed by atoms with Crippen molar-refractivity contribution < 1.29 is 19.5 Å². The van der Waals surface area contributed by atoms with Crippen molar-refractivity contribution in [2.24, 2.45) is 0 Å². The highest BCUT2D eigenvalue weighted by Crippen LogP contribution is 2.15. The van der Waals surface area contributed by atoms with Gasteiger partial charge in [-0.15, -0.1) is 0 Å². The molecule has 0 aromatic heterocycles. The van der Waals surface area contributed by atoms with Crippen LogP contribution in [0.1, 0.15) is 17.5 Å². The number of rotatable bonds is 7. The van der Waals surface area contributed by atoms with Gasteiger partial charge in [0.25, 0.3) is 0 Å². The lowest BCUT2D eigenvalue weighted by Crippen LogP contribution is -2.49. The number of para-hydroxylation sites is 1. The van der Waals surface area contributed by atoms with Crippen molar-refractivity contribution in [1.82, 2.24) is 9.80 Å². The van der Waals surface area contributed by atoms with Crippen LogP contribution in [-0.4, -0.2) is 65.5 Å².